The maximum absolute atomic E-state index is 13.6. The maximum atomic E-state index is 13.6. The molecule has 1 N–H and O–H groups in total. The van der Waals surface area contributed by atoms with Crippen molar-refractivity contribution >= 4 is 41.5 Å². The van der Waals surface area contributed by atoms with E-state index in [2.05, 4.69) is 5.32 Å². The second kappa shape index (κ2) is 14.8. The Bertz CT molecular complexity index is 1400. The summed E-state index contributed by atoms with van der Waals surface area (Å²) in [6, 6.07) is 14.8. The zero-order chi connectivity index (χ0) is 32.7. The summed E-state index contributed by atoms with van der Waals surface area (Å²) in [7, 11) is 3.08. The average molecular weight is 639 g/mol. The molecule has 0 radical (unpaired) electrons. The number of amides is 4. The molecule has 11 nitrogen and oxygen atoms in total. The molecule has 0 aliphatic carbocycles. The number of hydrogen-bond acceptors (Lipinski definition) is 8. The van der Waals surface area contributed by atoms with Crippen molar-refractivity contribution < 1.29 is 33.4 Å². The minimum absolute atomic E-state index is 0.0237. The summed E-state index contributed by atoms with van der Waals surface area (Å²) in [5.41, 5.74) is 0.535. The van der Waals surface area contributed by atoms with Crippen LogP contribution >= 0.6 is 11.8 Å². The smallest absolute Gasteiger partial charge is 0.407 e. The number of nitrogens with zero attached hydrogens (tertiary/aromatic N) is 3. The van der Waals surface area contributed by atoms with Crippen LogP contribution in [0.2, 0.25) is 0 Å². The predicted molar refractivity (Wildman–Crippen MR) is 169 cm³/mol. The number of carbonyl (C=O) groups is 5. The summed E-state index contributed by atoms with van der Waals surface area (Å²) in [6.07, 6.45) is -0.0834. The van der Waals surface area contributed by atoms with Crippen LogP contribution in [0.25, 0.3) is 0 Å². The van der Waals surface area contributed by atoms with Gasteiger partial charge in [-0.05, 0) is 57.4 Å². The summed E-state index contributed by atoms with van der Waals surface area (Å²) in [6.45, 7) is 5.51. The zero-order valence-electron chi connectivity index (χ0n) is 26.5. The largest absolute Gasteiger partial charge is 0.459 e. The summed E-state index contributed by atoms with van der Waals surface area (Å²) in [5.74, 6) is -1.05. The van der Waals surface area contributed by atoms with Gasteiger partial charge in [0, 0.05) is 49.3 Å². The molecule has 2 aliphatic heterocycles. The Kier molecular flexibility index (Phi) is 11.1. The normalized spacial score (nSPS) is 21.8. The van der Waals surface area contributed by atoms with Crippen molar-refractivity contribution in [3.63, 3.8) is 0 Å². The SMILES string of the molecule is CN1CC(=O)N2C[C@H](NC(=O)OC(C)(C)C)C[C@H]2CSc2cccc(c2)C(=O)N(C)[C@H](C(=O)OCc2ccccc2)CCC1=O. The minimum atomic E-state index is -1.01. The van der Waals surface area contributed by atoms with E-state index in [0.717, 1.165) is 10.5 Å². The molecular formula is C33H42N4O7S. The van der Waals surface area contributed by atoms with Crippen LogP contribution in [-0.2, 0) is 30.5 Å². The molecule has 45 heavy (non-hydrogen) atoms. The molecule has 2 aliphatic rings. The van der Waals surface area contributed by atoms with Crippen LogP contribution in [0.15, 0.2) is 59.5 Å². The fraction of sp³-hybridized carbons (Fsp3) is 0.485. The number of nitrogens with one attached hydrogen (secondary N) is 1. The van der Waals surface area contributed by atoms with E-state index in [4.69, 9.17) is 9.47 Å². The fourth-order valence-corrected chi connectivity index (χ4v) is 6.43. The van der Waals surface area contributed by atoms with Gasteiger partial charge in [-0.2, -0.15) is 0 Å². The van der Waals surface area contributed by atoms with E-state index in [-0.39, 0.29) is 62.3 Å². The highest BCUT2D eigenvalue weighted by atomic mass is 32.2. The van der Waals surface area contributed by atoms with Crippen molar-refractivity contribution in [2.45, 2.75) is 75.3 Å². The molecule has 1 saturated heterocycles. The molecule has 2 heterocycles. The van der Waals surface area contributed by atoms with Crippen molar-refractivity contribution in [2.24, 2.45) is 0 Å². The Morgan fingerprint density at radius 2 is 1.73 bits per heavy atom. The van der Waals surface area contributed by atoms with Gasteiger partial charge < -0.3 is 29.5 Å². The van der Waals surface area contributed by atoms with Crippen molar-refractivity contribution in [2.75, 3.05) is 32.9 Å². The number of rotatable bonds is 4. The Hall–Kier alpha value is -4.06. The van der Waals surface area contributed by atoms with Gasteiger partial charge in [0.2, 0.25) is 11.8 Å². The van der Waals surface area contributed by atoms with E-state index < -0.39 is 23.7 Å². The van der Waals surface area contributed by atoms with Gasteiger partial charge in [-0.1, -0.05) is 36.4 Å². The monoisotopic (exact) mass is 638 g/mol. The van der Waals surface area contributed by atoms with Crippen LogP contribution in [-0.4, -0.2) is 101 Å². The van der Waals surface area contributed by atoms with Gasteiger partial charge in [0.15, 0.2) is 0 Å². The molecule has 2 bridgehead atoms. The number of hydrogen-bond donors (Lipinski definition) is 1. The molecule has 3 atom stereocenters. The highest BCUT2D eigenvalue weighted by Gasteiger charge is 2.38. The van der Waals surface area contributed by atoms with Gasteiger partial charge in [0.05, 0.1) is 12.6 Å². The van der Waals surface area contributed by atoms with Crippen LogP contribution in [0.3, 0.4) is 0 Å². The molecule has 0 spiro atoms. The quantitative estimate of drug-likeness (QED) is 0.503. The van der Waals surface area contributed by atoms with E-state index in [1.165, 1.54) is 28.6 Å². The Morgan fingerprint density at radius 3 is 2.44 bits per heavy atom. The Balaban J connectivity index is 1.55. The lowest BCUT2D eigenvalue weighted by Gasteiger charge is -2.29. The number of benzene rings is 2. The topological polar surface area (TPSA) is 126 Å². The first-order chi connectivity index (χ1) is 21.3. The van der Waals surface area contributed by atoms with Gasteiger partial charge in [-0.3, -0.25) is 14.4 Å². The van der Waals surface area contributed by atoms with Crippen molar-refractivity contribution in [1.82, 2.24) is 20.0 Å². The lowest BCUT2D eigenvalue weighted by atomic mass is 10.1. The van der Waals surface area contributed by atoms with E-state index in [0.29, 0.717) is 17.7 Å². The van der Waals surface area contributed by atoms with Crippen molar-refractivity contribution in [3.8, 4) is 0 Å². The fourth-order valence-electron chi connectivity index (χ4n) is 5.34. The lowest BCUT2D eigenvalue weighted by molar-refractivity contribution is -0.150. The van der Waals surface area contributed by atoms with E-state index in [9.17, 15) is 24.0 Å². The van der Waals surface area contributed by atoms with Crippen LogP contribution in [0.1, 0.15) is 56.0 Å². The van der Waals surface area contributed by atoms with Crippen LogP contribution in [0.4, 0.5) is 4.79 Å². The third-order valence-corrected chi connectivity index (χ3v) is 8.83. The van der Waals surface area contributed by atoms with Crippen molar-refractivity contribution in [1.29, 1.82) is 0 Å². The molecule has 12 heteroatoms. The van der Waals surface area contributed by atoms with Gasteiger partial charge in [0.1, 0.15) is 18.2 Å². The second-order valence-electron chi connectivity index (χ2n) is 12.4. The standard InChI is InChI=1S/C33H42N4O7S/c1-33(2,3)44-32(42)34-24-17-25-21-45-26-13-9-12-23(16-26)30(40)36(5)27(31(41)43-20-22-10-7-6-8-11-22)14-15-28(38)35(4)19-29(39)37(25)18-24/h6-13,16,24-25,27H,14-15,17-21H2,1-5H3,(H,34,42)/t24-,25+,27+/m1/s1. The highest BCUT2D eigenvalue weighted by Crippen LogP contribution is 2.28. The Labute approximate surface area is 268 Å². The van der Waals surface area contributed by atoms with Crippen LogP contribution in [0, 0.1) is 0 Å². The number of thioether (sulfide) groups is 1. The lowest BCUT2D eigenvalue weighted by Crippen LogP contribution is -2.46. The number of alkyl carbamates (subject to hydrolysis) is 1. The molecule has 242 valence electrons. The first-order valence-electron chi connectivity index (χ1n) is 15.0. The predicted octanol–water partition coefficient (Wildman–Crippen LogP) is 3.71. The number of fused-ring (bicyclic) bond motifs is 3. The average Bonchev–Trinajstić information content (AvgIpc) is 3.40. The number of carbonyl (C=O) groups excluding carboxylic acids is 5. The molecule has 4 amide bonds. The summed E-state index contributed by atoms with van der Waals surface area (Å²) in [4.78, 5) is 71.3. The third-order valence-electron chi connectivity index (χ3n) is 7.69. The zero-order valence-corrected chi connectivity index (χ0v) is 27.3. The van der Waals surface area contributed by atoms with Crippen molar-refractivity contribution in [3.05, 3.63) is 65.7 Å². The van der Waals surface area contributed by atoms with E-state index >= 15 is 0 Å². The molecular weight excluding hydrogens is 596 g/mol. The summed E-state index contributed by atoms with van der Waals surface area (Å²) >= 11 is 1.49. The maximum Gasteiger partial charge on any atom is 0.407 e. The Morgan fingerprint density at radius 1 is 1.00 bits per heavy atom. The number of esters is 1. The number of ether oxygens (including phenoxy) is 2. The first kappa shape index (κ1) is 33.8. The third kappa shape index (κ3) is 9.46. The molecule has 0 unspecified atom stereocenters. The van der Waals surface area contributed by atoms with Crippen LogP contribution in [0.5, 0.6) is 0 Å². The van der Waals surface area contributed by atoms with Gasteiger partial charge >= 0.3 is 12.1 Å². The first-order valence-corrected chi connectivity index (χ1v) is 16.0. The van der Waals surface area contributed by atoms with E-state index in [1.807, 2.05) is 36.4 Å². The molecule has 2 aromatic rings. The van der Waals surface area contributed by atoms with E-state index in [1.54, 1.807) is 50.9 Å². The van der Waals surface area contributed by atoms with Gasteiger partial charge in [0.25, 0.3) is 5.91 Å². The molecule has 2 aromatic carbocycles. The molecule has 0 saturated carbocycles. The highest BCUT2D eigenvalue weighted by molar-refractivity contribution is 7.99. The molecule has 1 fully saturated rings. The second-order valence-corrected chi connectivity index (χ2v) is 13.5. The van der Waals surface area contributed by atoms with Gasteiger partial charge in [-0.15, -0.1) is 11.8 Å². The summed E-state index contributed by atoms with van der Waals surface area (Å²) in [5, 5.41) is 2.88. The summed E-state index contributed by atoms with van der Waals surface area (Å²) < 4.78 is 11.0. The van der Waals surface area contributed by atoms with Gasteiger partial charge in [-0.25, -0.2) is 9.59 Å². The molecule has 0 aromatic heterocycles. The minimum Gasteiger partial charge on any atom is -0.459 e. The number of likely N-dealkylation sites (N-methyl/N-ethyl adjacent to an activating group) is 2. The van der Waals surface area contributed by atoms with Crippen LogP contribution < -0.4 is 5.32 Å². The molecule has 4 rings (SSSR count).